The standard InChI is InChI=1S/C40H60N8O9S/c1-23(2)18-30(46-35(51)28(42)22-58)38(54)48-34(24(3)4)39(55)45-29(12-8-9-17-41)36(52)43-21-33(50)44-31(19-25-10-6-5-7-11-25)37(53)47-32(40(56)57)20-26-13-15-27(49)16-14-26/h5-7,10-11,13-16,23-24,28-32,34,49,58H,8-9,12,17-22,41-42H2,1-4H3,(H,43,52)(H,44,50)(H,45,55)(H,46,51)(H,47,53)(H,48,54)(H,56,57)/t28-,29-,30-,31-,32-,34-/m0/s1. The Bertz CT molecular complexity index is 1660. The summed E-state index contributed by atoms with van der Waals surface area (Å²) in [4.78, 5) is 92.0. The fourth-order valence-electron chi connectivity index (χ4n) is 5.81. The zero-order valence-electron chi connectivity index (χ0n) is 33.5. The molecule has 0 unspecified atom stereocenters. The second-order valence-electron chi connectivity index (χ2n) is 14.9. The molecule has 320 valence electrons. The molecule has 0 spiro atoms. The molecule has 6 atom stereocenters. The molecule has 2 aromatic rings. The lowest BCUT2D eigenvalue weighted by atomic mass is 9.99. The van der Waals surface area contributed by atoms with Crippen molar-refractivity contribution in [1.29, 1.82) is 0 Å². The third-order valence-corrected chi connectivity index (χ3v) is 9.44. The van der Waals surface area contributed by atoms with Crippen LogP contribution in [0.1, 0.15) is 64.5 Å². The summed E-state index contributed by atoms with van der Waals surface area (Å²) in [6.07, 6.45) is 1.31. The number of nitrogens with two attached hydrogens (primary N) is 2. The molecule has 12 N–H and O–H groups in total. The van der Waals surface area contributed by atoms with E-state index < -0.39 is 90.1 Å². The zero-order chi connectivity index (χ0) is 43.4. The second kappa shape index (κ2) is 25.2. The number of hydrogen-bond donors (Lipinski definition) is 11. The number of carbonyl (C=O) groups is 7. The molecule has 2 aromatic carbocycles. The Labute approximate surface area is 345 Å². The Morgan fingerprint density at radius 3 is 1.81 bits per heavy atom. The Balaban J connectivity index is 2.19. The number of amides is 6. The van der Waals surface area contributed by atoms with Gasteiger partial charge in [-0.1, -0.05) is 70.2 Å². The number of carboxylic acids is 1. The van der Waals surface area contributed by atoms with Crippen LogP contribution in [0.4, 0.5) is 0 Å². The van der Waals surface area contributed by atoms with Gasteiger partial charge in [0.1, 0.15) is 36.0 Å². The summed E-state index contributed by atoms with van der Waals surface area (Å²) in [5, 5.41) is 35.1. The van der Waals surface area contributed by atoms with Gasteiger partial charge in [0.15, 0.2) is 0 Å². The molecular formula is C40H60N8O9S. The molecule has 0 aromatic heterocycles. The maximum absolute atomic E-state index is 13.7. The first-order valence-corrected chi connectivity index (χ1v) is 20.0. The van der Waals surface area contributed by atoms with Gasteiger partial charge in [-0.25, -0.2) is 4.79 Å². The molecule has 2 rings (SSSR count). The Morgan fingerprint density at radius 1 is 0.672 bits per heavy atom. The van der Waals surface area contributed by atoms with Crippen LogP contribution in [0.25, 0.3) is 0 Å². The molecule has 6 amide bonds. The highest BCUT2D eigenvalue weighted by atomic mass is 32.1. The summed E-state index contributed by atoms with van der Waals surface area (Å²) >= 11 is 4.05. The molecule has 0 aliphatic heterocycles. The molecule has 17 nitrogen and oxygen atoms in total. The monoisotopic (exact) mass is 828 g/mol. The highest BCUT2D eigenvalue weighted by molar-refractivity contribution is 7.80. The van der Waals surface area contributed by atoms with Crippen LogP contribution in [0.5, 0.6) is 5.75 Å². The van der Waals surface area contributed by atoms with E-state index in [0.29, 0.717) is 30.5 Å². The quantitative estimate of drug-likeness (QED) is 0.0464. The molecule has 0 radical (unpaired) electrons. The minimum atomic E-state index is -1.36. The minimum Gasteiger partial charge on any atom is -0.508 e. The van der Waals surface area contributed by atoms with Crippen molar-refractivity contribution in [2.45, 2.75) is 102 Å². The average molecular weight is 829 g/mol. The number of thiol groups is 1. The highest BCUT2D eigenvalue weighted by Crippen LogP contribution is 2.13. The number of phenolic OH excluding ortho intramolecular Hbond substituents is 1. The predicted octanol–water partition coefficient (Wildman–Crippen LogP) is -0.110. The Hall–Kier alpha value is -5.20. The third-order valence-electron chi connectivity index (χ3n) is 9.05. The molecule has 18 heteroatoms. The van der Waals surface area contributed by atoms with Gasteiger partial charge in [-0.2, -0.15) is 12.6 Å². The van der Waals surface area contributed by atoms with Gasteiger partial charge in [0, 0.05) is 18.6 Å². The smallest absolute Gasteiger partial charge is 0.326 e. The van der Waals surface area contributed by atoms with Crippen molar-refractivity contribution in [1.82, 2.24) is 31.9 Å². The van der Waals surface area contributed by atoms with Crippen LogP contribution in [-0.2, 0) is 46.4 Å². The van der Waals surface area contributed by atoms with Crippen molar-refractivity contribution < 1.29 is 43.8 Å². The lowest BCUT2D eigenvalue weighted by Crippen LogP contribution is -2.59. The van der Waals surface area contributed by atoms with Crippen LogP contribution < -0.4 is 43.4 Å². The zero-order valence-corrected chi connectivity index (χ0v) is 34.4. The van der Waals surface area contributed by atoms with E-state index in [0.717, 1.165) is 0 Å². The number of rotatable bonds is 25. The lowest BCUT2D eigenvalue weighted by molar-refractivity contribution is -0.142. The van der Waals surface area contributed by atoms with Gasteiger partial charge in [-0.15, -0.1) is 0 Å². The number of unbranched alkanes of at least 4 members (excludes halogenated alkanes) is 1. The average Bonchev–Trinajstić information content (AvgIpc) is 3.18. The number of hydrogen-bond acceptors (Lipinski definition) is 11. The maximum atomic E-state index is 13.7. The number of aromatic hydroxyl groups is 1. The van der Waals surface area contributed by atoms with E-state index in [1.54, 1.807) is 44.2 Å². The highest BCUT2D eigenvalue weighted by Gasteiger charge is 2.33. The first-order chi connectivity index (χ1) is 27.4. The van der Waals surface area contributed by atoms with E-state index in [1.165, 1.54) is 24.3 Å². The summed E-state index contributed by atoms with van der Waals surface area (Å²) < 4.78 is 0. The van der Waals surface area contributed by atoms with Gasteiger partial charge >= 0.3 is 5.97 Å². The minimum absolute atomic E-state index is 0.00168. The lowest BCUT2D eigenvalue weighted by Gasteiger charge is -2.28. The topological polar surface area (TPSA) is 284 Å². The number of aliphatic carboxylic acids is 1. The van der Waals surface area contributed by atoms with Gasteiger partial charge in [-0.3, -0.25) is 28.8 Å². The Kier molecular flexibility index (Phi) is 21.3. The van der Waals surface area contributed by atoms with Crippen LogP contribution in [-0.4, -0.2) is 107 Å². The SMILES string of the molecule is CC(C)C[C@H](NC(=O)[C@@H](N)CS)C(=O)N[C@H](C(=O)N[C@@H](CCCCN)C(=O)NCC(=O)N[C@@H](Cc1ccccc1)C(=O)N[C@@H](Cc1ccc(O)cc1)C(=O)O)C(C)C. The van der Waals surface area contributed by atoms with Crippen molar-refractivity contribution in [3.8, 4) is 5.75 Å². The summed E-state index contributed by atoms with van der Waals surface area (Å²) in [6, 6.07) is 7.82. The summed E-state index contributed by atoms with van der Waals surface area (Å²) in [5.41, 5.74) is 12.7. The fraction of sp³-hybridized carbons (Fsp3) is 0.525. The van der Waals surface area contributed by atoms with Gasteiger partial charge in [0.05, 0.1) is 12.6 Å². The van der Waals surface area contributed by atoms with Crippen molar-refractivity contribution in [2.24, 2.45) is 23.3 Å². The largest absolute Gasteiger partial charge is 0.508 e. The molecule has 0 saturated carbocycles. The molecule has 0 aliphatic carbocycles. The Morgan fingerprint density at radius 2 is 1.24 bits per heavy atom. The van der Waals surface area contributed by atoms with Crippen molar-refractivity contribution >= 4 is 54.0 Å². The van der Waals surface area contributed by atoms with Crippen LogP contribution in [0, 0.1) is 11.8 Å². The van der Waals surface area contributed by atoms with E-state index >= 15 is 0 Å². The van der Waals surface area contributed by atoms with Crippen LogP contribution >= 0.6 is 12.6 Å². The van der Waals surface area contributed by atoms with E-state index in [4.69, 9.17) is 11.5 Å². The molecule has 0 heterocycles. The number of phenols is 1. The third kappa shape index (κ3) is 17.5. The number of benzene rings is 2. The molecule has 0 saturated heterocycles. The number of carbonyl (C=O) groups excluding carboxylic acids is 6. The van der Waals surface area contributed by atoms with Crippen molar-refractivity contribution in [2.75, 3.05) is 18.8 Å². The van der Waals surface area contributed by atoms with Gasteiger partial charge < -0.3 is 53.6 Å². The van der Waals surface area contributed by atoms with Crippen molar-refractivity contribution in [3.63, 3.8) is 0 Å². The summed E-state index contributed by atoms with van der Waals surface area (Å²) in [7, 11) is 0. The normalized spacial score (nSPS) is 14.2. The van der Waals surface area contributed by atoms with Gasteiger partial charge in [-0.05, 0) is 67.3 Å². The number of nitrogens with one attached hydrogen (secondary N) is 6. The molecular weight excluding hydrogens is 769 g/mol. The van der Waals surface area contributed by atoms with E-state index in [1.807, 2.05) is 13.8 Å². The molecule has 0 aliphatic rings. The fourth-order valence-corrected chi connectivity index (χ4v) is 5.98. The molecule has 0 fully saturated rings. The van der Waals surface area contributed by atoms with Crippen molar-refractivity contribution in [3.05, 3.63) is 65.7 Å². The summed E-state index contributed by atoms with van der Waals surface area (Å²) in [6.45, 7) is 6.90. The van der Waals surface area contributed by atoms with E-state index in [-0.39, 0.29) is 43.1 Å². The number of carboxylic acid groups (broad SMARTS) is 1. The van der Waals surface area contributed by atoms with E-state index in [9.17, 15) is 43.8 Å². The molecule has 58 heavy (non-hydrogen) atoms. The first kappa shape index (κ1) is 48.9. The van der Waals surface area contributed by atoms with Gasteiger partial charge in [0.25, 0.3) is 0 Å². The summed E-state index contributed by atoms with van der Waals surface area (Å²) in [5.74, 6) is -5.76. The first-order valence-electron chi connectivity index (χ1n) is 19.3. The predicted molar refractivity (Wildman–Crippen MR) is 221 cm³/mol. The van der Waals surface area contributed by atoms with E-state index in [2.05, 4.69) is 44.5 Å². The second-order valence-corrected chi connectivity index (χ2v) is 15.2. The maximum Gasteiger partial charge on any atom is 0.326 e. The van der Waals surface area contributed by atoms with Crippen LogP contribution in [0.2, 0.25) is 0 Å². The van der Waals surface area contributed by atoms with Gasteiger partial charge in [0.2, 0.25) is 35.4 Å². The van der Waals surface area contributed by atoms with Crippen LogP contribution in [0.3, 0.4) is 0 Å². The van der Waals surface area contributed by atoms with Crippen LogP contribution in [0.15, 0.2) is 54.6 Å². The molecule has 0 bridgehead atoms.